The van der Waals surface area contributed by atoms with E-state index in [1.165, 1.54) is 0 Å². The number of amides is 1. The molecule has 1 amide bonds. The second-order valence-corrected chi connectivity index (χ2v) is 6.80. The average Bonchev–Trinajstić information content (AvgIpc) is 3.18. The fourth-order valence-electron chi connectivity index (χ4n) is 2.75. The first-order chi connectivity index (χ1) is 14.0. The molecule has 0 saturated heterocycles. The Morgan fingerprint density at radius 1 is 1.14 bits per heavy atom. The van der Waals surface area contributed by atoms with E-state index in [0.29, 0.717) is 42.4 Å². The topological polar surface area (TPSA) is 86.5 Å². The van der Waals surface area contributed by atoms with Crippen LogP contribution in [0.5, 0.6) is 11.5 Å². The number of methoxy groups -OCH3 is 1. The van der Waals surface area contributed by atoms with Gasteiger partial charge in [0.1, 0.15) is 11.5 Å². The molecule has 29 heavy (non-hydrogen) atoms. The first-order valence-electron chi connectivity index (χ1n) is 9.57. The second kappa shape index (κ2) is 9.73. The van der Waals surface area contributed by atoms with Crippen molar-refractivity contribution in [3.05, 3.63) is 54.4 Å². The zero-order chi connectivity index (χ0) is 20.6. The summed E-state index contributed by atoms with van der Waals surface area (Å²) in [6.07, 6.45) is 1.51. The van der Waals surface area contributed by atoms with Gasteiger partial charge in [0.2, 0.25) is 17.6 Å². The van der Waals surface area contributed by atoms with E-state index in [9.17, 15) is 4.79 Å². The number of para-hydroxylation sites is 2. The van der Waals surface area contributed by atoms with Crippen molar-refractivity contribution in [1.82, 2.24) is 10.1 Å². The third kappa shape index (κ3) is 5.81. The molecule has 152 valence electrons. The molecule has 0 aliphatic heterocycles. The molecule has 0 fully saturated rings. The Morgan fingerprint density at radius 2 is 1.90 bits per heavy atom. The summed E-state index contributed by atoms with van der Waals surface area (Å²) in [4.78, 5) is 16.7. The summed E-state index contributed by atoms with van der Waals surface area (Å²) in [5.74, 6) is 2.37. The Hall–Kier alpha value is -3.35. The van der Waals surface area contributed by atoms with E-state index in [4.69, 9.17) is 14.0 Å². The number of anilines is 1. The minimum atomic E-state index is -0.0836. The molecule has 0 aliphatic carbocycles. The van der Waals surface area contributed by atoms with Gasteiger partial charge in [0, 0.05) is 18.4 Å². The number of carbonyl (C=O) groups is 1. The summed E-state index contributed by atoms with van der Waals surface area (Å²) >= 11 is 0. The second-order valence-electron chi connectivity index (χ2n) is 6.80. The minimum absolute atomic E-state index is 0.0328. The molecule has 0 bridgehead atoms. The lowest BCUT2D eigenvalue weighted by Gasteiger charge is -2.14. The fourth-order valence-corrected chi connectivity index (χ4v) is 2.75. The Kier molecular flexibility index (Phi) is 6.84. The van der Waals surface area contributed by atoms with Crippen LogP contribution in [-0.4, -0.2) is 29.3 Å². The van der Waals surface area contributed by atoms with Gasteiger partial charge in [-0.15, -0.1) is 0 Å². The lowest BCUT2D eigenvalue weighted by molar-refractivity contribution is -0.116. The number of aromatic nitrogens is 2. The van der Waals surface area contributed by atoms with Gasteiger partial charge in [0.15, 0.2) is 0 Å². The summed E-state index contributed by atoms with van der Waals surface area (Å²) in [7, 11) is 1.62. The Bertz CT molecular complexity index is 935. The van der Waals surface area contributed by atoms with E-state index in [2.05, 4.69) is 15.5 Å². The smallest absolute Gasteiger partial charge is 0.226 e. The maximum atomic E-state index is 12.3. The van der Waals surface area contributed by atoms with Crippen LogP contribution in [0.25, 0.3) is 11.4 Å². The molecular formula is C22H25N3O4. The summed E-state index contributed by atoms with van der Waals surface area (Å²) in [5.41, 5.74) is 1.52. The molecule has 1 heterocycles. The van der Waals surface area contributed by atoms with Crippen LogP contribution in [0.3, 0.4) is 0 Å². The Balaban J connectivity index is 1.50. The van der Waals surface area contributed by atoms with E-state index >= 15 is 0 Å². The van der Waals surface area contributed by atoms with Crippen molar-refractivity contribution in [2.24, 2.45) is 0 Å². The molecule has 1 N–H and O–H groups in total. The molecular weight excluding hydrogens is 370 g/mol. The molecule has 0 aliphatic rings. The number of hydrogen-bond donors (Lipinski definition) is 1. The SMILES string of the molecule is COc1ccc(-c2noc(CCCC(=O)Nc3ccccc3OC(C)C)n2)cc1. The summed E-state index contributed by atoms with van der Waals surface area (Å²) in [6, 6.07) is 14.8. The number of nitrogens with one attached hydrogen (secondary N) is 1. The van der Waals surface area contributed by atoms with E-state index in [0.717, 1.165) is 11.3 Å². The van der Waals surface area contributed by atoms with Gasteiger partial charge < -0.3 is 19.3 Å². The average molecular weight is 395 g/mol. The Morgan fingerprint density at radius 3 is 2.62 bits per heavy atom. The molecule has 3 aromatic rings. The van der Waals surface area contributed by atoms with Crippen LogP contribution in [-0.2, 0) is 11.2 Å². The number of benzene rings is 2. The number of rotatable bonds is 9. The number of aryl methyl sites for hydroxylation is 1. The number of carbonyl (C=O) groups excluding carboxylic acids is 1. The molecule has 7 heteroatoms. The number of hydrogen-bond acceptors (Lipinski definition) is 6. The van der Waals surface area contributed by atoms with Crippen molar-refractivity contribution in [3.63, 3.8) is 0 Å². The van der Waals surface area contributed by atoms with E-state index in [-0.39, 0.29) is 12.0 Å². The first-order valence-corrected chi connectivity index (χ1v) is 9.57. The fraction of sp³-hybridized carbons (Fsp3) is 0.318. The molecule has 3 rings (SSSR count). The highest BCUT2D eigenvalue weighted by Crippen LogP contribution is 2.25. The number of nitrogens with zero attached hydrogens (tertiary/aromatic N) is 2. The van der Waals surface area contributed by atoms with Gasteiger partial charge in [-0.1, -0.05) is 17.3 Å². The molecule has 0 saturated carbocycles. The highest BCUT2D eigenvalue weighted by molar-refractivity contribution is 5.92. The lowest BCUT2D eigenvalue weighted by atomic mass is 10.2. The lowest BCUT2D eigenvalue weighted by Crippen LogP contribution is -2.14. The van der Waals surface area contributed by atoms with Crippen LogP contribution in [0.15, 0.2) is 53.1 Å². The van der Waals surface area contributed by atoms with Gasteiger partial charge in [-0.3, -0.25) is 4.79 Å². The van der Waals surface area contributed by atoms with Crippen molar-refractivity contribution in [3.8, 4) is 22.9 Å². The van der Waals surface area contributed by atoms with E-state index in [1.807, 2.05) is 62.4 Å². The third-order valence-corrected chi connectivity index (χ3v) is 4.13. The molecule has 2 aromatic carbocycles. The maximum absolute atomic E-state index is 12.3. The van der Waals surface area contributed by atoms with Crippen LogP contribution in [0.4, 0.5) is 5.69 Å². The third-order valence-electron chi connectivity index (χ3n) is 4.13. The van der Waals surface area contributed by atoms with Crippen molar-refractivity contribution >= 4 is 11.6 Å². The van der Waals surface area contributed by atoms with Crippen LogP contribution in [0, 0.1) is 0 Å². The molecule has 0 spiro atoms. The van der Waals surface area contributed by atoms with Gasteiger partial charge in [-0.05, 0) is 56.7 Å². The Labute approximate surface area is 170 Å². The summed E-state index contributed by atoms with van der Waals surface area (Å²) in [6.45, 7) is 3.90. The normalized spacial score (nSPS) is 10.8. The molecule has 0 atom stereocenters. The van der Waals surface area contributed by atoms with Crippen molar-refractivity contribution in [2.45, 2.75) is 39.2 Å². The van der Waals surface area contributed by atoms with Gasteiger partial charge in [0.25, 0.3) is 0 Å². The molecule has 1 aromatic heterocycles. The van der Waals surface area contributed by atoms with E-state index in [1.54, 1.807) is 7.11 Å². The summed E-state index contributed by atoms with van der Waals surface area (Å²) < 4.78 is 16.2. The van der Waals surface area contributed by atoms with Crippen molar-refractivity contribution in [2.75, 3.05) is 12.4 Å². The monoisotopic (exact) mass is 395 g/mol. The minimum Gasteiger partial charge on any atom is -0.497 e. The quantitative estimate of drug-likeness (QED) is 0.574. The van der Waals surface area contributed by atoms with Gasteiger partial charge in [-0.2, -0.15) is 4.98 Å². The first kappa shape index (κ1) is 20.4. The standard InChI is InChI=1S/C22H25N3O4/c1-15(2)28-19-8-5-4-7-18(19)23-20(26)9-6-10-21-24-22(25-29-21)16-11-13-17(27-3)14-12-16/h4-5,7-8,11-15H,6,9-10H2,1-3H3,(H,23,26). The largest absolute Gasteiger partial charge is 0.497 e. The summed E-state index contributed by atoms with van der Waals surface area (Å²) in [5, 5.41) is 6.90. The van der Waals surface area contributed by atoms with Gasteiger partial charge in [0.05, 0.1) is 18.9 Å². The zero-order valence-electron chi connectivity index (χ0n) is 16.8. The molecule has 7 nitrogen and oxygen atoms in total. The highest BCUT2D eigenvalue weighted by Gasteiger charge is 2.12. The maximum Gasteiger partial charge on any atom is 0.226 e. The zero-order valence-corrected chi connectivity index (χ0v) is 16.8. The number of ether oxygens (including phenoxy) is 2. The van der Waals surface area contributed by atoms with Crippen molar-refractivity contribution < 1.29 is 18.8 Å². The van der Waals surface area contributed by atoms with E-state index < -0.39 is 0 Å². The molecule has 0 radical (unpaired) electrons. The van der Waals surface area contributed by atoms with Crippen molar-refractivity contribution in [1.29, 1.82) is 0 Å². The van der Waals surface area contributed by atoms with Crippen LogP contribution >= 0.6 is 0 Å². The predicted molar refractivity (Wildman–Crippen MR) is 110 cm³/mol. The van der Waals surface area contributed by atoms with Gasteiger partial charge >= 0.3 is 0 Å². The molecule has 0 unspecified atom stereocenters. The van der Waals surface area contributed by atoms with Crippen LogP contribution in [0.1, 0.15) is 32.6 Å². The van der Waals surface area contributed by atoms with Crippen LogP contribution < -0.4 is 14.8 Å². The predicted octanol–water partition coefficient (Wildman–Crippen LogP) is 4.49. The highest BCUT2D eigenvalue weighted by atomic mass is 16.5. The van der Waals surface area contributed by atoms with Crippen LogP contribution in [0.2, 0.25) is 0 Å². The van der Waals surface area contributed by atoms with Gasteiger partial charge in [-0.25, -0.2) is 0 Å².